The normalized spacial score (nSPS) is 21.6. The maximum Gasteiger partial charge on any atom is 0.119 e. The fourth-order valence-corrected chi connectivity index (χ4v) is 5.05. The molecular weight excluding hydrogens is 390 g/mol. The molecule has 0 spiro atoms. The third kappa shape index (κ3) is 3.61. The van der Waals surface area contributed by atoms with E-state index in [1.165, 1.54) is 27.9 Å². The fourth-order valence-electron chi connectivity index (χ4n) is 4.92. The van der Waals surface area contributed by atoms with E-state index in [0.717, 1.165) is 22.8 Å². The second kappa shape index (κ2) is 7.85. The van der Waals surface area contributed by atoms with Gasteiger partial charge in [-0.1, -0.05) is 65.7 Å². The number of rotatable bonds is 4. The first kappa shape index (κ1) is 19.3. The van der Waals surface area contributed by atoms with Gasteiger partial charge < -0.3 is 10.1 Å². The zero-order chi connectivity index (χ0) is 20.7. The van der Waals surface area contributed by atoms with Gasteiger partial charge in [0.25, 0.3) is 0 Å². The van der Waals surface area contributed by atoms with E-state index in [2.05, 4.69) is 67.7 Å². The lowest BCUT2D eigenvalue weighted by Crippen LogP contribution is -2.29. The molecule has 1 N–H and O–H groups in total. The van der Waals surface area contributed by atoms with Crippen LogP contribution in [0.2, 0.25) is 5.02 Å². The topological polar surface area (TPSA) is 21.3 Å². The van der Waals surface area contributed by atoms with Crippen molar-refractivity contribution >= 4 is 17.3 Å². The molecule has 0 saturated heterocycles. The Balaban J connectivity index is 1.36. The summed E-state index contributed by atoms with van der Waals surface area (Å²) in [5.41, 5.74) is 7.86. The summed E-state index contributed by atoms with van der Waals surface area (Å²) in [5.74, 6) is 1.93. The second-order valence-electron chi connectivity index (χ2n) is 8.51. The Hall–Kier alpha value is -2.71. The molecule has 3 heteroatoms. The smallest absolute Gasteiger partial charge is 0.119 e. The Bertz CT molecular complexity index is 1090. The second-order valence-corrected chi connectivity index (χ2v) is 8.94. The molecule has 5 rings (SSSR count). The van der Waals surface area contributed by atoms with Crippen LogP contribution in [0.25, 0.3) is 0 Å². The summed E-state index contributed by atoms with van der Waals surface area (Å²) in [6.45, 7) is 4.94. The number of anilines is 1. The van der Waals surface area contributed by atoms with Crippen molar-refractivity contribution in [3.63, 3.8) is 0 Å². The number of fused-ring (bicyclic) bond motifs is 3. The summed E-state index contributed by atoms with van der Waals surface area (Å²) in [5, 5.41) is 4.61. The van der Waals surface area contributed by atoms with E-state index in [1.54, 1.807) is 0 Å². The van der Waals surface area contributed by atoms with Crippen molar-refractivity contribution in [2.24, 2.45) is 5.92 Å². The highest BCUT2D eigenvalue weighted by Gasteiger charge is 2.38. The van der Waals surface area contributed by atoms with Crippen LogP contribution < -0.4 is 10.1 Å². The van der Waals surface area contributed by atoms with Crippen molar-refractivity contribution in [3.05, 3.63) is 106 Å². The standard InChI is InChI=1S/C27H26ClNO/c1-17-14-18(2)26-25(15-17)23-4-3-5-24(23)27(29-26)20-8-12-22(13-9-20)30-16-19-6-10-21(28)11-7-19/h3-4,6-15,23-24,27,29H,5,16H2,1-2H3/t23-,24+,27-/m0/s1. The summed E-state index contributed by atoms with van der Waals surface area (Å²) in [6.07, 6.45) is 5.86. The molecule has 0 saturated carbocycles. The number of halogens is 1. The molecule has 0 fully saturated rings. The van der Waals surface area contributed by atoms with E-state index in [0.29, 0.717) is 24.5 Å². The molecule has 0 aromatic heterocycles. The van der Waals surface area contributed by atoms with Gasteiger partial charge in [-0.25, -0.2) is 0 Å². The third-order valence-corrected chi connectivity index (χ3v) is 6.62. The van der Waals surface area contributed by atoms with E-state index in [9.17, 15) is 0 Å². The highest BCUT2D eigenvalue weighted by atomic mass is 35.5. The van der Waals surface area contributed by atoms with Gasteiger partial charge in [0.1, 0.15) is 12.4 Å². The average Bonchev–Trinajstić information content (AvgIpc) is 3.24. The molecule has 1 aliphatic carbocycles. The maximum atomic E-state index is 5.97. The highest BCUT2D eigenvalue weighted by molar-refractivity contribution is 6.30. The molecule has 2 aliphatic rings. The van der Waals surface area contributed by atoms with Crippen LogP contribution in [0.15, 0.2) is 72.8 Å². The molecular formula is C27H26ClNO. The molecule has 0 bridgehead atoms. The van der Waals surface area contributed by atoms with Gasteiger partial charge in [0.05, 0.1) is 6.04 Å². The van der Waals surface area contributed by atoms with Crippen molar-refractivity contribution in [1.29, 1.82) is 0 Å². The molecule has 30 heavy (non-hydrogen) atoms. The summed E-state index contributed by atoms with van der Waals surface area (Å²) >= 11 is 5.96. The lowest BCUT2D eigenvalue weighted by atomic mass is 9.76. The summed E-state index contributed by atoms with van der Waals surface area (Å²) in [7, 11) is 0. The van der Waals surface area contributed by atoms with Crippen LogP contribution in [0.5, 0.6) is 5.75 Å². The first-order valence-corrected chi connectivity index (χ1v) is 11.0. The molecule has 3 aromatic rings. The quantitative estimate of drug-likeness (QED) is 0.449. The molecule has 0 unspecified atom stereocenters. The molecule has 1 aliphatic heterocycles. The van der Waals surface area contributed by atoms with Crippen LogP contribution in [0, 0.1) is 19.8 Å². The van der Waals surface area contributed by atoms with E-state index >= 15 is 0 Å². The predicted octanol–water partition coefficient (Wildman–Crippen LogP) is 7.36. The Morgan fingerprint density at radius 1 is 1.00 bits per heavy atom. The van der Waals surface area contributed by atoms with Gasteiger partial charge in [0.15, 0.2) is 0 Å². The van der Waals surface area contributed by atoms with E-state index in [1.807, 2.05) is 24.3 Å². The predicted molar refractivity (Wildman–Crippen MR) is 124 cm³/mol. The van der Waals surface area contributed by atoms with Crippen LogP contribution in [-0.4, -0.2) is 0 Å². The number of hydrogen-bond acceptors (Lipinski definition) is 2. The number of ether oxygens (including phenoxy) is 1. The van der Waals surface area contributed by atoms with Crippen LogP contribution >= 0.6 is 11.6 Å². The minimum Gasteiger partial charge on any atom is -0.489 e. The number of nitrogens with one attached hydrogen (secondary N) is 1. The number of allylic oxidation sites excluding steroid dienone is 2. The Morgan fingerprint density at radius 3 is 2.53 bits per heavy atom. The van der Waals surface area contributed by atoms with Crippen molar-refractivity contribution in [1.82, 2.24) is 0 Å². The van der Waals surface area contributed by atoms with Crippen LogP contribution in [0.3, 0.4) is 0 Å². The molecule has 0 radical (unpaired) electrons. The Morgan fingerprint density at radius 2 is 1.77 bits per heavy atom. The third-order valence-electron chi connectivity index (χ3n) is 6.37. The maximum absolute atomic E-state index is 5.97. The zero-order valence-electron chi connectivity index (χ0n) is 17.4. The first-order valence-electron chi connectivity index (χ1n) is 10.6. The Kier molecular flexibility index (Phi) is 5.04. The number of benzene rings is 3. The van der Waals surface area contributed by atoms with Gasteiger partial charge in [-0.05, 0) is 72.7 Å². The minimum atomic E-state index is 0.309. The number of aryl methyl sites for hydroxylation is 2. The van der Waals surface area contributed by atoms with E-state index < -0.39 is 0 Å². The minimum absolute atomic E-state index is 0.309. The SMILES string of the molecule is Cc1cc(C)c2c(c1)[C@H]1C=CC[C@H]1[C@H](c1ccc(OCc3ccc(Cl)cc3)cc1)N2. The van der Waals surface area contributed by atoms with Crippen molar-refractivity contribution in [2.75, 3.05) is 5.32 Å². The van der Waals surface area contributed by atoms with Crippen molar-refractivity contribution < 1.29 is 4.74 Å². The highest BCUT2D eigenvalue weighted by Crippen LogP contribution is 2.50. The van der Waals surface area contributed by atoms with Crippen LogP contribution in [-0.2, 0) is 6.61 Å². The molecule has 2 nitrogen and oxygen atoms in total. The Labute approximate surface area is 183 Å². The van der Waals surface area contributed by atoms with Gasteiger partial charge in [-0.15, -0.1) is 0 Å². The van der Waals surface area contributed by atoms with Gasteiger partial charge in [-0.3, -0.25) is 0 Å². The summed E-state index contributed by atoms with van der Waals surface area (Å²) in [6, 6.07) is 21.3. The lowest BCUT2D eigenvalue weighted by Gasteiger charge is -2.38. The molecule has 1 heterocycles. The number of hydrogen-bond donors (Lipinski definition) is 1. The average molecular weight is 416 g/mol. The molecule has 3 atom stereocenters. The lowest BCUT2D eigenvalue weighted by molar-refractivity contribution is 0.306. The summed E-state index contributed by atoms with van der Waals surface area (Å²) < 4.78 is 5.97. The van der Waals surface area contributed by atoms with Crippen molar-refractivity contribution in [3.8, 4) is 5.75 Å². The van der Waals surface area contributed by atoms with Gasteiger partial charge in [-0.2, -0.15) is 0 Å². The zero-order valence-corrected chi connectivity index (χ0v) is 18.1. The molecule has 152 valence electrons. The molecule has 0 amide bonds. The van der Waals surface area contributed by atoms with E-state index in [-0.39, 0.29) is 0 Å². The van der Waals surface area contributed by atoms with Gasteiger partial charge >= 0.3 is 0 Å². The van der Waals surface area contributed by atoms with Crippen LogP contribution in [0.4, 0.5) is 5.69 Å². The van der Waals surface area contributed by atoms with E-state index in [4.69, 9.17) is 16.3 Å². The summed E-state index contributed by atoms with van der Waals surface area (Å²) in [4.78, 5) is 0. The van der Waals surface area contributed by atoms with Crippen molar-refractivity contribution in [2.45, 2.75) is 38.8 Å². The van der Waals surface area contributed by atoms with Crippen LogP contribution in [0.1, 0.15) is 46.2 Å². The van der Waals surface area contributed by atoms with Gasteiger partial charge in [0.2, 0.25) is 0 Å². The molecule has 3 aromatic carbocycles. The monoisotopic (exact) mass is 415 g/mol. The van der Waals surface area contributed by atoms with Gasteiger partial charge in [0, 0.05) is 16.6 Å². The first-order chi connectivity index (χ1) is 14.6. The fraction of sp³-hybridized carbons (Fsp3) is 0.259. The largest absolute Gasteiger partial charge is 0.489 e.